The van der Waals surface area contributed by atoms with E-state index in [0.717, 1.165) is 37.5 Å². The van der Waals surface area contributed by atoms with E-state index in [1.807, 2.05) is 0 Å². The molecule has 2 aromatic rings. The number of aromatic nitrogens is 5. The highest BCUT2D eigenvalue weighted by atomic mass is 16.6. The fraction of sp³-hybridized carbons (Fsp3) is 0.545. The highest BCUT2D eigenvalue weighted by Gasteiger charge is 2.16. The van der Waals surface area contributed by atoms with Crippen LogP contribution in [0.1, 0.15) is 30.9 Å². The average molecular weight is 262 g/mol. The molecular weight excluding hydrogens is 248 g/mol. The topological polar surface area (TPSA) is 91.7 Å². The monoisotopic (exact) mass is 262 g/mol. The van der Waals surface area contributed by atoms with E-state index in [1.54, 1.807) is 0 Å². The highest BCUT2D eigenvalue weighted by molar-refractivity contribution is 5.21. The van der Waals surface area contributed by atoms with Crippen molar-refractivity contribution < 1.29 is 4.92 Å². The van der Waals surface area contributed by atoms with Gasteiger partial charge in [0.25, 0.3) is 0 Å². The Morgan fingerprint density at radius 2 is 2.21 bits per heavy atom. The first-order valence-corrected chi connectivity index (χ1v) is 6.32. The van der Waals surface area contributed by atoms with Crippen LogP contribution in [0.25, 0.3) is 0 Å². The maximum absolute atomic E-state index is 10.6. The lowest BCUT2D eigenvalue weighted by atomic mass is 10.2. The SMILES string of the molecule is O=[N+]([O-])c1cnn(Cc2nnc3n2CCCCC3)c1. The number of fused-ring (bicyclic) bond motifs is 1. The first-order chi connectivity index (χ1) is 9.24. The van der Waals surface area contributed by atoms with Gasteiger partial charge in [-0.15, -0.1) is 10.2 Å². The van der Waals surface area contributed by atoms with Gasteiger partial charge in [-0.05, 0) is 12.8 Å². The van der Waals surface area contributed by atoms with E-state index in [1.165, 1.54) is 23.5 Å². The van der Waals surface area contributed by atoms with Crippen LogP contribution in [-0.4, -0.2) is 29.5 Å². The Morgan fingerprint density at radius 3 is 3.00 bits per heavy atom. The van der Waals surface area contributed by atoms with Gasteiger partial charge in [-0.3, -0.25) is 14.8 Å². The summed E-state index contributed by atoms with van der Waals surface area (Å²) in [4.78, 5) is 10.2. The van der Waals surface area contributed by atoms with Crippen LogP contribution in [0.5, 0.6) is 0 Å². The van der Waals surface area contributed by atoms with Crippen molar-refractivity contribution >= 4 is 5.69 Å². The van der Waals surface area contributed by atoms with Gasteiger partial charge in [-0.2, -0.15) is 5.10 Å². The number of aryl methyl sites for hydroxylation is 1. The number of nitrogens with zero attached hydrogens (tertiary/aromatic N) is 6. The minimum Gasteiger partial charge on any atom is -0.313 e. The summed E-state index contributed by atoms with van der Waals surface area (Å²) in [5, 5.41) is 23.0. The predicted octanol–water partition coefficient (Wildman–Crippen LogP) is 1.16. The molecule has 1 aliphatic heterocycles. The van der Waals surface area contributed by atoms with Crippen molar-refractivity contribution in [2.45, 2.75) is 38.8 Å². The summed E-state index contributed by atoms with van der Waals surface area (Å²) in [6.07, 6.45) is 7.09. The summed E-state index contributed by atoms with van der Waals surface area (Å²) in [7, 11) is 0. The molecule has 0 saturated heterocycles. The van der Waals surface area contributed by atoms with E-state index in [-0.39, 0.29) is 5.69 Å². The Kier molecular flexibility index (Phi) is 2.98. The first kappa shape index (κ1) is 11.8. The highest BCUT2D eigenvalue weighted by Crippen LogP contribution is 2.15. The lowest BCUT2D eigenvalue weighted by Gasteiger charge is -2.06. The van der Waals surface area contributed by atoms with Gasteiger partial charge in [0, 0.05) is 13.0 Å². The molecule has 0 N–H and O–H groups in total. The van der Waals surface area contributed by atoms with E-state index in [9.17, 15) is 10.1 Å². The molecule has 0 aliphatic carbocycles. The average Bonchev–Trinajstić information content (AvgIpc) is 2.92. The number of nitro groups is 1. The van der Waals surface area contributed by atoms with Crippen LogP contribution in [0.15, 0.2) is 12.4 Å². The van der Waals surface area contributed by atoms with Crippen molar-refractivity contribution in [3.05, 3.63) is 34.2 Å². The maximum Gasteiger partial charge on any atom is 0.307 e. The summed E-state index contributed by atoms with van der Waals surface area (Å²) in [5.74, 6) is 1.82. The van der Waals surface area contributed by atoms with Crippen molar-refractivity contribution in [3.63, 3.8) is 0 Å². The van der Waals surface area contributed by atoms with Gasteiger partial charge in [0.1, 0.15) is 24.8 Å². The largest absolute Gasteiger partial charge is 0.313 e. The number of hydrogen-bond donors (Lipinski definition) is 0. The van der Waals surface area contributed by atoms with Crippen molar-refractivity contribution in [1.29, 1.82) is 0 Å². The molecule has 100 valence electrons. The lowest BCUT2D eigenvalue weighted by Crippen LogP contribution is -2.10. The Morgan fingerprint density at radius 1 is 1.32 bits per heavy atom. The Bertz CT molecular complexity index is 602. The van der Waals surface area contributed by atoms with Gasteiger partial charge >= 0.3 is 5.69 Å². The van der Waals surface area contributed by atoms with Crippen LogP contribution in [-0.2, 0) is 19.5 Å². The van der Waals surface area contributed by atoms with Crippen LogP contribution in [0, 0.1) is 10.1 Å². The molecular formula is C11H14N6O2. The van der Waals surface area contributed by atoms with Gasteiger partial charge in [0.15, 0.2) is 5.82 Å². The van der Waals surface area contributed by atoms with Gasteiger partial charge in [0.05, 0.1) is 4.92 Å². The number of rotatable bonds is 3. The molecule has 3 heterocycles. The molecule has 0 radical (unpaired) electrons. The molecule has 1 aliphatic rings. The second-order valence-electron chi connectivity index (χ2n) is 4.65. The van der Waals surface area contributed by atoms with Crippen molar-refractivity contribution in [1.82, 2.24) is 24.5 Å². The molecule has 2 aromatic heterocycles. The van der Waals surface area contributed by atoms with E-state index in [4.69, 9.17) is 0 Å². The molecule has 0 aromatic carbocycles. The third-order valence-electron chi connectivity index (χ3n) is 3.32. The minimum absolute atomic E-state index is 0.00407. The van der Waals surface area contributed by atoms with Crippen molar-refractivity contribution in [2.24, 2.45) is 0 Å². The maximum atomic E-state index is 10.6. The summed E-state index contributed by atoms with van der Waals surface area (Å²) in [5.41, 5.74) is -0.00407. The van der Waals surface area contributed by atoms with E-state index >= 15 is 0 Å². The molecule has 0 atom stereocenters. The van der Waals surface area contributed by atoms with E-state index in [2.05, 4.69) is 19.9 Å². The van der Waals surface area contributed by atoms with Gasteiger partial charge in [-0.1, -0.05) is 6.42 Å². The van der Waals surface area contributed by atoms with E-state index in [0.29, 0.717) is 6.54 Å². The standard InChI is InChI=1S/C11H14N6O2/c18-17(19)9-6-12-15(7-9)8-11-14-13-10-4-2-1-3-5-16(10)11/h6-7H,1-5,8H2. The zero-order valence-electron chi connectivity index (χ0n) is 10.4. The zero-order chi connectivity index (χ0) is 13.2. The molecule has 19 heavy (non-hydrogen) atoms. The lowest BCUT2D eigenvalue weighted by molar-refractivity contribution is -0.385. The quantitative estimate of drug-likeness (QED) is 0.611. The molecule has 3 rings (SSSR count). The second kappa shape index (κ2) is 4.79. The molecule has 0 unspecified atom stereocenters. The molecule has 0 amide bonds. The molecule has 8 nitrogen and oxygen atoms in total. The minimum atomic E-state index is -0.451. The smallest absolute Gasteiger partial charge is 0.307 e. The van der Waals surface area contributed by atoms with Crippen molar-refractivity contribution in [2.75, 3.05) is 0 Å². The summed E-state index contributed by atoms with van der Waals surface area (Å²) >= 11 is 0. The van der Waals surface area contributed by atoms with Crippen molar-refractivity contribution in [3.8, 4) is 0 Å². The fourth-order valence-electron chi connectivity index (χ4n) is 2.34. The molecule has 0 spiro atoms. The Labute approximate surface area is 109 Å². The van der Waals surface area contributed by atoms with E-state index < -0.39 is 4.92 Å². The molecule has 0 saturated carbocycles. The predicted molar refractivity (Wildman–Crippen MR) is 65.6 cm³/mol. The van der Waals surface area contributed by atoms with Gasteiger partial charge < -0.3 is 4.57 Å². The molecule has 0 fully saturated rings. The summed E-state index contributed by atoms with van der Waals surface area (Å²) in [6, 6.07) is 0. The summed E-state index contributed by atoms with van der Waals surface area (Å²) < 4.78 is 3.64. The van der Waals surface area contributed by atoms with Crippen LogP contribution < -0.4 is 0 Å². The van der Waals surface area contributed by atoms with Crippen LogP contribution in [0.3, 0.4) is 0 Å². The normalized spacial score (nSPS) is 14.9. The fourth-order valence-corrected chi connectivity index (χ4v) is 2.34. The number of hydrogen-bond acceptors (Lipinski definition) is 5. The summed E-state index contributed by atoms with van der Waals surface area (Å²) in [6.45, 7) is 1.34. The zero-order valence-corrected chi connectivity index (χ0v) is 10.4. The first-order valence-electron chi connectivity index (χ1n) is 6.32. The molecule has 8 heteroatoms. The Hall–Kier alpha value is -2.25. The van der Waals surface area contributed by atoms with Crippen LogP contribution in [0.2, 0.25) is 0 Å². The van der Waals surface area contributed by atoms with Gasteiger partial charge in [0.2, 0.25) is 0 Å². The van der Waals surface area contributed by atoms with Crippen LogP contribution in [0.4, 0.5) is 5.69 Å². The third kappa shape index (κ3) is 2.33. The molecule has 0 bridgehead atoms. The third-order valence-corrected chi connectivity index (χ3v) is 3.32. The van der Waals surface area contributed by atoms with Gasteiger partial charge in [-0.25, -0.2) is 0 Å². The Balaban J connectivity index is 1.82. The van der Waals surface area contributed by atoms with Crippen LogP contribution >= 0.6 is 0 Å². The second-order valence-corrected chi connectivity index (χ2v) is 4.65.